The zero-order chi connectivity index (χ0) is 36.2. The number of nitrogens with zero attached hydrogens (tertiary/aromatic N) is 4. The lowest BCUT2D eigenvalue weighted by molar-refractivity contribution is -0.144. The highest BCUT2D eigenvalue weighted by molar-refractivity contribution is 6.01. The van der Waals surface area contributed by atoms with Crippen molar-refractivity contribution in [3.8, 4) is 11.1 Å². The number of amides is 3. The molecule has 2 aliphatic rings. The lowest BCUT2D eigenvalue weighted by Gasteiger charge is -2.38. The molecule has 1 aromatic heterocycles. The molecule has 6 rings (SSSR count). The number of urea groups is 1. The van der Waals surface area contributed by atoms with E-state index in [4.69, 9.17) is 4.74 Å². The van der Waals surface area contributed by atoms with Gasteiger partial charge in [0.05, 0.1) is 5.56 Å². The van der Waals surface area contributed by atoms with Gasteiger partial charge in [0.25, 0.3) is 5.56 Å². The van der Waals surface area contributed by atoms with Gasteiger partial charge in [0.15, 0.2) is 6.10 Å². The van der Waals surface area contributed by atoms with Crippen LogP contribution in [-0.2, 0) is 27.3 Å². The molecular formula is C39H41N5O7. The lowest BCUT2D eigenvalue weighted by atomic mass is 9.96. The fraction of sp³-hybridized carbons (Fsp3) is 0.333. The third-order valence-electron chi connectivity index (χ3n) is 9.49. The Kier molecular flexibility index (Phi) is 10.3. The maximum Gasteiger partial charge on any atom is 0.331 e. The first-order chi connectivity index (χ1) is 24.5. The summed E-state index contributed by atoms with van der Waals surface area (Å²) in [5.74, 6) is -1.35. The number of ether oxygens (including phenoxy) is 1. The van der Waals surface area contributed by atoms with Crippen LogP contribution in [0.1, 0.15) is 67.2 Å². The van der Waals surface area contributed by atoms with Crippen molar-refractivity contribution in [2.75, 3.05) is 25.0 Å². The molecule has 0 radical (unpaired) electrons. The highest BCUT2D eigenvalue weighted by atomic mass is 16.5. The first-order valence-corrected chi connectivity index (χ1v) is 17.2. The van der Waals surface area contributed by atoms with E-state index in [-0.39, 0.29) is 30.1 Å². The summed E-state index contributed by atoms with van der Waals surface area (Å²) >= 11 is 0. The van der Waals surface area contributed by atoms with Crippen LogP contribution in [0, 0.1) is 0 Å². The van der Waals surface area contributed by atoms with Gasteiger partial charge in [-0.15, -0.1) is 0 Å². The van der Waals surface area contributed by atoms with Gasteiger partial charge in [-0.2, -0.15) is 0 Å². The Morgan fingerprint density at radius 2 is 1.59 bits per heavy atom. The minimum absolute atomic E-state index is 0.0302. The first kappa shape index (κ1) is 35.1. The van der Waals surface area contributed by atoms with E-state index >= 15 is 0 Å². The first-order valence-electron chi connectivity index (χ1n) is 17.2. The summed E-state index contributed by atoms with van der Waals surface area (Å²) in [5.41, 5.74) is 2.00. The molecule has 3 amide bonds. The predicted molar refractivity (Wildman–Crippen MR) is 192 cm³/mol. The van der Waals surface area contributed by atoms with Gasteiger partial charge in [-0.05, 0) is 56.4 Å². The maximum absolute atomic E-state index is 13.8. The molecule has 51 heavy (non-hydrogen) atoms. The van der Waals surface area contributed by atoms with Crippen molar-refractivity contribution in [2.24, 2.45) is 0 Å². The van der Waals surface area contributed by atoms with Crippen LogP contribution in [0.3, 0.4) is 0 Å². The van der Waals surface area contributed by atoms with Crippen molar-refractivity contribution in [3.63, 3.8) is 0 Å². The summed E-state index contributed by atoms with van der Waals surface area (Å²) in [4.78, 5) is 83.1. The Labute approximate surface area is 295 Å². The third-order valence-corrected chi connectivity index (χ3v) is 9.49. The summed E-state index contributed by atoms with van der Waals surface area (Å²) in [5, 5.41) is 3.01. The van der Waals surface area contributed by atoms with Crippen LogP contribution in [-0.4, -0.2) is 68.3 Å². The molecule has 1 atom stereocenters. The third kappa shape index (κ3) is 7.54. The van der Waals surface area contributed by atoms with E-state index in [1.165, 1.54) is 17.7 Å². The molecule has 12 heteroatoms. The Balaban J connectivity index is 1.22. The monoisotopic (exact) mass is 691 g/mol. The molecule has 3 aromatic carbocycles. The number of hydrogen-bond donors (Lipinski definition) is 1. The Bertz CT molecular complexity index is 2080. The van der Waals surface area contributed by atoms with E-state index in [0.29, 0.717) is 49.2 Å². The number of nitrogens with one attached hydrogen (secondary N) is 1. The van der Waals surface area contributed by atoms with Crippen LogP contribution in [0.4, 0.5) is 10.5 Å². The van der Waals surface area contributed by atoms with Crippen LogP contribution < -0.4 is 16.6 Å². The van der Waals surface area contributed by atoms with Crippen LogP contribution in [0.15, 0.2) is 94.6 Å². The summed E-state index contributed by atoms with van der Waals surface area (Å²) in [6, 6.07) is 22.1. The van der Waals surface area contributed by atoms with Gasteiger partial charge in [0.1, 0.15) is 6.54 Å². The standard InChI is InChI=1S/C39H41N5O7/c1-25(2)44-37(48)32(29-13-9-14-30(22-29)36(51-26(3)45)35(47)28-11-5-4-6-12-28)23-42(39(44)50)24-34(46)41-19-17-31(18-20-41)43-21-16-27-10-7-8-15-33(27)40-38(43)49/h4-15,22-23,25,31,36H,16-21,24H2,1-3H3,(H,40,49). The molecule has 0 saturated carbocycles. The van der Waals surface area contributed by atoms with E-state index in [1.807, 2.05) is 29.2 Å². The molecule has 1 fully saturated rings. The zero-order valence-corrected chi connectivity index (χ0v) is 28.9. The smallest absolute Gasteiger partial charge is 0.331 e. The van der Waals surface area contributed by atoms with Crippen LogP contribution in [0.25, 0.3) is 11.1 Å². The lowest BCUT2D eigenvalue weighted by Crippen LogP contribution is -2.51. The predicted octanol–water partition coefficient (Wildman–Crippen LogP) is 4.83. The molecule has 1 unspecified atom stereocenters. The SMILES string of the molecule is CC(=O)OC(C(=O)c1ccccc1)c1cccc(-c2cn(CC(=O)N3CCC(N4CCc5ccccc5NC4=O)CC3)c(=O)n(C(C)C)c2=O)c1. The van der Waals surface area contributed by atoms with Crippen LogP contribution >= 0.6 is 0 Å². The van der Waals surface area contributed by atoms with E-state index in [2.05, 4.69) is 5.32 Å². The summed E-state index contributed by atoms with van der Waals surface area (Å²) < 4.78 is 7.82. The molecule has 1 saturated heterocycles. The van der Waals surface area contributed by atoms with Crippen molar-refractivity contribution < 1.29 is 23.9 Å². The van der Waals surface area contributed by atoms with Gasteiger partial charge in [0.2, 0.25) is 11.7 Å². The molecule has 0 spiro atoms. The number of likely N-dealkylation sites (tertiary alicyclic amines) is 1. The molecule has 1 N–H and O–H groups in total. The number of rotatable bonds is 9. The van der Waals surface area contributed by atoms with E-state index in [0.717, 1.165) is 22.2 Å². The number of piperidine rings is 1. The van der Waals surface area contributed by atoms with E-state index in [1.54, 1.807) is 73.3 Å². The number of hydrogen-bond acceptors (Lipinski definition) is 7. The average Bonchev–Trinajstić information content (AvgIpc) is 3.29. The normalized spacial score (nSPS) is 15.5. The number of fused-ring (bicyclic) bond motifs is 1. The Morgan fingerprint density at radius 3 is 2.29 bits per heavy atom. The summed E-state index contributed by atoms with van der Waals surface area (Å²) in [6.45, 7) is 5.78. The number of Topliss-reactive ketones (excluding diaryl/α,β-unsaturated/α-hetero) is 1. The topological polar surface area (TPSA) is 140 Å². The number of anilines is 1. The maximum atomic E-state index is 13.8. The van der Waals surface area contributed by atoms with Gasteiger partial charge in [-0.3, -0.25) is 28.3 Å². The van der Waals surface area contributed by atoms with Gasteiger partial charge in [0, 0.05) is 61.7 Å². The summed E-state index contributed by atoms with van der Waals surface area (Å²) in [7, 11) is 0. The minimum atomic E-state index is -1.26. The largest absolute Gasteiger partial charge is 0.449 e. The highest BCUT2D eigenvalue weighted by Crippen LogP contribution is 2.28. The molecular weight excluding hydrogens is 650 g/mol. The molecule has 2 aliphatic heterocycles. The van der Waals surface area contributed by atoms with E-state index < -0.39 is 35.1 Å². The Morgan fingerprint density at radius 1 is 0.882 bits per heavy atom. The molecule has 12 nitrogen and oxygen atoms in total. The van der Waals surface area contributed by atoms with Crippen molar-refractivity contribution >= 4 is 29.4 Å². The fourth-order valence-electron chi connectivity index (χ4n) is 6.86. The second kappa shape index (κ2) is 15.0. The van der Waals surface area contributed by atoms with Crippen LogP contribution in [0.2, 0.25) is 0 Å². The number of para-hydroxylation sites is 1. The summed E-state index contributed by atoms with van der Waals surface area (Å²) in [6.07, 6.45) is 2.05. The van der Waals surface area contributed by atoms with Crippen LogP contribution in [0.5, 0.6) is 0 Å². The van der Waals surface area contributed by atoms with Gasteiger partial charge in [-0.1, -0.05) is 66.7 Å². The number of carbonyl (C=O) groups is 4. The quantitative estimate of drug-likeness (QED) is 0.196. The fourth-order valence-corrected chi connectivity index (χ4v) is 6.86. The number of benzene rings is 3. The Hall–Kier alpha value is -5.78. The van der Waals surface area contributed by atoms with Gasteiger partial charge in [-0.25, -0.2) is 9.59 Å². The van der Waals surface area contributed by atoms with Crippen molar-refractivity contribution in [2.45, 2.75) is 64.8 Å². The number of ketones is 1. The molecule has 3 heterocycles. The second-order valence-electron chi connectivity index (χ2n) is 13.2. The van der Waals surface area contributed by atoms with Gasteiger partial charge < -0.3 is 19.9 Å². The molecule has 0 bridgehead atoms. The highest BCUT2D eigenvalue weighted by Gasteiger charge is 2.32. The zero-order valence-electron chi connectivity index (χ0n) is 28.9. The second-order valence-corrected chi connectivity index (χ2v) is 13.2. The number of esters is 1. The number of carbonyl (C=O) groups excluding carboxylic acids is 4. The minimum Gasteiger partial charge on any atom is -0.449 e. The van der Waals surface area contributed by atoms with Crippen molar-refractivity contribution in [1.29, 1.82) is 0 Å². The van der Waals surface area contributed by atoms with Crippen molar-refractivity contribution in [3.05, 3.63) is 123 Å². The van der Waals surface area contributed by atoms with E-state index in [9.17, 15) is 28.8 Å². The number of aromatic nitrogens is 2. The average molecular weight is 692 g/mol. The molecule has 264 valence electrons. The molecule has 0 aliphatic carbocycles. The van der Waals surface area contributed by atoms with Crippen molar-refractivity contribution in [1.82, 2.24) is 18.9 Å². The van der Waals surface area contributed by atoms with Gasteiger partial charge >= 0.3 is 17.7 Å². The molecule has 4 aromatic rings.